The average Bonchev–Trinajstić information content (AvgIpc) is 2.51. The Morgan fingerprint density at radius 2 is 1.83 bits per heavy atom. The first kappa shape index (κ1) is 16.5. The zero-order valence-corrected chi connectivity index (χ0v) is 13.2. The molecule has 0 unspecified atom stereocenters. The zero-order valence-electron chi connectivity index (χ0n) is 13.2. The summed E-state index contributed by atoms with van der Waals surface area (Å²) in [5, 5.41) is 13.4. The normalized spacial score (nSPS) is 11.6. The first-order valence-corrected chi connectivity index (χ1v) is 7.16. The second-order valence-corrected chi connectivity index (χ2v) is 5.32. The van der Waals surface area contributed by atoms with Gasteiger partial charge in [-0.25, -0.2) is 0 Å². The molecule has 120 valence electrons. The summed E-state index contributed by atoms with van der Waals surface area (Å²) in [4.78, 5) is 22.4. The summed E-state index contributed by atoms with van der Waals surface area (Å²) in [5.74, 6) is 0.293. The average molecular weight is 314 g/mol. The lowest BCUT2D eigenvalue weighted by atomic mass is 10.1. The maximum absolute atomic E-state index is 12.2. The van der Waals surface area contributed by atoms with Gasteiger partial charge in [-0.05, 0) is 44.5 Å². The third-order valence-corrected chi connectivity index (χ3v) is 3.38. The van der Waals surface area contributed by atoms with E-state index in [1.165, 1.54) is 18.2 Å². The molecular weight excluding hydrogens is 296 g/mol. The lowest BCUT2D eigenvalue weighted by Crippen LogP contribution is -2.30. The first-order valence-electron chi connectivity index (χ1n) is 7.16. The lowest BCUT2D eigenvalue weighted by Gasteiger charge is -2.15. The Bertz CT molecular complexity index is 726. The molecule has 0 aliphatic heterocycles. The van der Waals surface area contributed by atoms with Crippen molar-refractivity contribution in [3.8, 4) is 5.75 Å². The molecule has 6 nitrogen and oxygen atoms in total. The molecular formula is C17H18N2O4. The highest BCUT2D eigenvalue weighted by molar-refractivity contribution is 5.94. The third-order valence-electron chi connectivity index (χ3n) is 3.38. The highest BCUT2D eigenvalue weighted by Crippen LogP contribution is 2.21. The molecule has 1 N–H and O–H groups in total. The van der Waals surface area contributed by atoms with Gasteiger partial charge in [0, 0.05) is 17.8 Å². The van der Waals surface area contributed by atoms with E-state index < -0.39 is 11.0 Å². The standard InChI is InChI=1S/C17H18N2O4/c1-11-4-7-15(8-5-11)23-13(3)17(20)18-16-9-6-14(19(21)22)10-12(16)2/h4-10,13H,1-3H3,(H,18,20)/t13-/m0/s1. The van der Waals surface area contributed by atoms with Crippen molar-refractivity contribution in [2.45, 2.75) is 26.9 Å². The van der Waals surface area contributed by atoms with E-state index in [0.717, 1.165) is 5.56 Å². The highest BCUT2D eigenvalue weighted by Gasteiger charge is 2.17. The van der Waals surface area contributed by atoms with Crippen LogP contribution in [0.15, 0.2) is 42.5 Å². The number of carbonyl (C=O) groups excluding carboxylic acids is 1. The molecule has 6 heteroatoms. The molecule has 0 fully saturated rings. The van der Waals surface area contributed by atoms with E-state index in [0.29, 0.717) is 17.0 Å². The smallest absolute Gasteiger partial charge is 0.269 e. The predicted molar refractivity (Wildman–Crippen MR) is 87.7 cm³/mol. The maximum atomic E-state index is 12.2. The molecule has 0 bridgehead atoms. The Morgan fingerprint density at radius 3 is 2.39 bits per heavy atom. The summed E-state index contributed by atoms with van der Waals surface area (Å²) in [6.07, 6.45) is -0.688. The number of aryl methyl sites for hydroxylation is 2. The van der Waals surface area contributed by atoms with Gasteiger partial charge >= 0.3 is 0 Å². The van der Waals surface area contributed by atoms with Crippen LogP contribution in [0.25, 0.3) is 0 Å². The summed E-state index contributed by atoms with van der Waals surface area (Å²) in [6.45, 7) is 5.32. The second-order valence-electron chi connectivity index (χ2n) is 5.32. The molecule has 0 aliphatic carbocycles. The molecule has 0 aliphatic rings. The molecule has 0 saturated carbocycles. The number of hydrogen-bond acceptors (Lipinski definition) is 4. The topological polar surface area (TPSA) is 81.5 Å². The van der Waals surface area contributed by atoms with Crippen molar-refractivity contribution in [2.24, 2.45) is 0 Å². The van der Waals surface area contributed by atoms with Gasteiger partial charge < -0.3 is 10.1 Å². The summed E-state index contributed by atoms with van der Waals surface area (Å²) < 4.78 is 5.58. The van der Waals surface area contributed by atoms with Gasteiger partial charge in [-0.3, -0.25) is 14.9 Å². The van der Waals surface area contributed by atoms with E-state index in [1.54, 1.807) is 26.0 Å². The van der Waals surface area contributed by atoms with Crippen LogP contribution in [0.2, 0.25) is 0 Å². The predicted octanol–water partition coefficient (Wildman–Crippen LogP) is 3.62. The minimum atomic E-state index is -0.688. The number of nitro groups is 1. The number of nitro benzene ring substituents is 1. The molecule has 0 spiro atoms. The van der Waals surface area contributed by atoms with Crippen LogP contribution in [0.1, 0.15) is 18.1 Å². The fraction of sp³-hybridized carbons (Fsp3) is 0.235. The van der Waals surface area contributed by atoms with E-state index >= 15 is 0 Å². The SMILES string of the molecule is Cc1ccc(O[C@@H](C)C(=O)Nc2ccc([N+](=O)[O-])cc2C)cc1. The molecule has 2 aromatic rings. The van der Waals surface area contributed by atoms with Gasteiger partial charge in [-0.2, -0.15) is 0 Å². The summed E-state index contributed by atoms with van der Waals surface area (Å²) in [5.41, 5.74) is 2.25. The van der Waals surface area contributed by atoms with Crippen LogP contribution < -0.4 is 10.1 Å². The molecule has 0 saturated heterocycles. The largest absolute Gasteiger partial charge is 0.481 e. The van der Waals surface area contributed by atoms with Gasteiger partial charge in [0.05, 0.1) is 4.92 Å². The summed E-state index contributed by atoms with van der Waals surface area (Å²) in [7, 11) is 0. The fourth-order valence-electron chi connectivity index (χ4n) is 2.01. The van der Waals surface area contributed by atoms with Crippen molar-refractivity contribution in [2.75, 3.05) is 5.32 Å². The van der Waals surface area contributed by atoms with E-state index in [1.807, 2.05) is 19.1 Å². The Labute approximate surface area is 134 Å². The third kappa shape index (κ3) is 4.29. The molecule has 0 radical (unpaired) electrons. The highest BCUT2D eigenvalue weighted by atomic mass is 16.6. The van der Waals surface area contributed by atoms with Gasteiger partial charge in [0.1, 0.15) is 5.75 Å². The van der Waals surface area contributed by atoms with Crippen molar-refractivity contribution >= 4 is 17.3 Å². The van der Waals surface area contributed by atoms with E-state index in [-0.39, 0.29) is 11.6 Å². The van der Waals surface area contributed by atoms with E-state index in [2.05, 4.69) is 5.32 Å². The fourth-order valence-corrected chi connectivity index (χ4v) is 2.01. The molecule has 0 aromatic heterocycles. The van der Waals surface area contributed by atoms with E-state index in [4.69, 9.17) is 4.74 Å². The van der Waals surface area contributed by atoms with E-state index in [9.17, 15) is 14.9 Å². The van der Waals surface area contributed by atoms with Crippen LogP contribution in [0.4, 0.5) is 11.4 Å². The van der Waals surface area contributed by atoms with Crippen molar-refractivity contribution in [3.63, 3.8) is 0 Å². The van der Waals surface area contributed by atoms with Gasteiger partial charge in [0.2, 0.25) is 0 Å². The zero-order chi connectivity index (χ0) is 17.0. The molecule has 1 atom stereocenters. The summed E-state index contributed by atoms with van der Waals surface area (Å²) >= 11 is 0. The number of nitrogens with one attached hydrogen (secondary N) is 1. The van der Waals surface area contributed by atoms with Crippen molar-refractivity contribution < 1.29 is 14.5 Å². The van der Waals surface area contributed by atoms with Gasteiger partial charge in [-0.1, -0.05) is 17.7 Å². The minimum Gasteiger partial charge on any atom is -0.481 e. The first-order chi connectivity index (χ1) is 10.9. The lowest BCUT2D eigenvalue weighted by molar-refractivity contribution is -0.384. The van der Waals surface area contributed by atoms with Crippen molar-refractivity contribution in [1.29, 1.82) is 0 Å². The van der Waals surface area contributed by atoms with Crippen molar-refractivity contribution in [3.05, 3.63) is 63.7 Å². The maximum Gasteiger partial charge on any atom is 0.269 e. The number of hydrogen-bond donors (Lipinski definition) is 1. The number of anilines is 1. The number of benzene rings is 2. The quantitative estimate of drug-likeness (QED) is 0.675. The number of ether oxygens (including phenoxy) is 1. The van der Waals surface area contributed by atoms with Crippen LogP contribution in [-0.2, 0) is 4.79 Å². The van der Waals surface area contributed by atoms with Crippen molar-refractivity contribution in [1.82, 2.24) is 0 Å². The van der Waals surface area contributed by atoms with Crippen LogP contribution in [0.5, 0.6) is 5.75 Å². The molecule has 0 heterocycles. The molecule has 1 amide bonds. The number of nitrogens with zero attached hydrogens (tertiary/aromatic N) is 1. The Hall–Kier alpha value is -2.89. The van der Waals surface area contributed by atoms with Crippen LogP contribution in [0, 0.1) is 24.0 Å². The van der Waals surface area contributed by atoms with Gasteiger partial charge in [-0.15, -0.1) is 0 Å². The number of non-ortho nitro benzene ring substituents is 1. The number of rotatable bonds is 5. The minimum absolute atomic E-state index is 0.00977. The summed E-state index contributed by atoms with van der Waals surface area (Å²) in [6, 6.07) is 11.7. The van der Waals surface area contributed by atoms with Gasteiger partial charge in [0.25, 0.3) is 11.6 Å². The molecule has 23 heavy (non-hydrogen) atoms. The monoisotopic (exact) mass is 314 g/mol. The number of carbonyl (C=O) groups is 1. The number of amides is 1. The van der Waals surface area contributed by atoms with Crippen LogP contribution >= 0.6 is 0 Å². The Kier molecular flexibility index (Phi) is 4.95. The molecule has 2 rings (SSSR count). The van der Waals surface area contributed by atoms with Crippen LogP contribution in [0.3, 0.4) is 0 Å². The van der Waals surface area contributed by atoms with Crippen LogP contribution in [-0.4, -0.2) is 16.9 Å². The molecule has 2 aromatic carbocycles. The van der Waals surface area contributed by atoms with Gasteiger partial charge in [0.15, 0.2) is 6.10 Å². The Balaban J connectivity index is 2.03. The second kappa shape index (κ2) is 6.91. The Morgan fingerprint density at radius 1 is 1.17 bits per heavy atom.